The van der Waals surface area contributed by atoms with E-state index in [0.717, 1.165) is 12.8 Å². The van der Waals surface area contributed by atoms with Crippen LogP contribution in [-0.2, 0) is 4.74 Å². The van der Waals surface area contributed by atoms with Crippen LogP contribution in [0, 0.1) is 0 Å². The first-order valence-electron chi connectivity index (χ1n) is 8.18. The highest BCUT2D eigenvalue weighted by Gasteiger charge is 2.43. The van der Waals surface area contributed by atoms with Crippen molar-refractivity contribution in [1.82, 2.24) is 9.88 Å². The molecule has 1 aromatic heterocycles. The molecule has 1 saturated heterocycles. The van der Waals surface area contributed by atoms with Crippen LogP contribution in [0.1, 0.15) is 50.0 Å². The Kier molecular flexibility index (Phi) is 4.34. The summed E-state index contributed by atoms with van der Waals surface area (Å²) in [5, 5.41) is 0. The van der Waals surface area contributed by atoms with E-state index in [1.165, 1.54) is 12.8 Å². The third-order valence-electron chi connectivity index (χ3n) is 4.67. The average molecular weight is 304 g/mol. The summed E-state index contributed by atoms with van der Waals surface area (Å²) in [5.74, 6) is 0.514. The molecule has 2 aliphatic rings. The topological polar surface area (TPSA) is 51.7 Å². The normalized spacial score (nSPS) is 23.7. The molecule has 0 bridgehead atoms. The van der Waals surface area contributed by atoms with Gasteiger partial charge in [-0.3, -0.25) is 4.79 Å². The van der Waals surface area contributed by atoms with Gasteiger partial charge in [-0.1, -0.05) is 12.8 Å². The Morgan fingerprint density at radius 2 is 2.27 bits per heavy atom. The molecule has 1 atom stereocenters. The second kappa shape index (κ2) is 6.24. The van der Waals surface area contributed by atoms with Gasteiger partial charge in [-0.05, 0) is 38.8 Å². The van der Waals surface area contributed by atoms with Gasteiger partial charge in [-0.2, -0.15) is 0 Å². The highest BCUT2D eigenvalue weighted by Crippen LogP contribution is 2.37. The van der Waals surface area contributed by atoms with Crippen LogP contribution in [0.2, 0.25) is 0 Å². The number of rotatable bonds is 3. The smallest absolute Gasteiger partial charge is 0.276 e. The molecule has 1 aliphatic carbocycles. The molecule has 1 aromatic rings. The summed E-state index contributed by atoms with van der Waals surface area (Å²) in [7, 11) is 0. The fourth-order valence-corrected chi connectivity index (χ4v) is 3.45. The Morgan fingerprint density at radius 3 is 3.00 bits per heavy atom. The molecule has 1 spiro atoms. The highest BCUT2D eigenvalue weighted by molar-refractivity contribution is 5.95. The number of pyridine rings is 1. The summed E-state index contributed by atoms with van der Waals surface area (Å²) in [6.07, 6.45) is 6.11. The predicted octanol–water partition coefficient (Wildman–Crippen LogP) is 2.65. The van der Waals surface area contributed by atoms with Crippen LogP contribution in [0.3, 0.4) is 0 Å². The Labute approximate surface area is 131 Å². The van der Waals surface area contributed by atoms with Gasteiger partial charge >= 0.3 is 0 Å². The van der Waals surface area contributed by atoms with Gasteiger partial charge in [0.05, 0.1) is 31.4 Å². The van der Waals surface area contributed by atoms with Gasteiger partial charge in [0.2, 0.25) is 0 Å². The minimum absolute atomic E-state index is 0.0499. The Bertz CT molecular complexity index is 540. The van der Waals surface area contributed by atoms with Gasteiger partial charge in [0.25, 0.3) is 5.91 Å². The van der Waals surface area contributed by atoms with Crippen LogP contribution in [0.5, 0.6) is 5.75 Å². The summed E-state index contributed by atoms with van der Waals surface area (Å²) in [6, 6.07) is 3.67. The van der Waals surface area contributed by atoms with E-state index in [4.69, 9.17) is 9.47 Å². The van der Waals surface area contributed by atoms with Gasteiger partial charge in [0.15, 0.2) is 11.4 Å². The SMILES string of the molecule is CCOc1cccnc1C(=O)N1CC2(CCCC2)OCC1C. The van der Waals surface area contributed by atoms with Crippen molar-refractivity contribution in [2.75, 3.05) is 19.8 Å². The molecule has 5 heteroatoms. The van der Waals surface area contributed by atoms with Crippen molar-refractivity contribution in [3.63, 3.8) is 0 Å². The zero-order valence-corrected chi connectivity index (χ0v) is 13.4. The molecular weight excluding hydrogens is 280 g/mol. The second-order valence-corrected chi connectivity index (χ2v) is 6.27. The predicted molar refractivity (Wildman–Crippen MR) is 83.1 cm³/mol. The lowest BCUT2D eigenvalue weighted by Gasteiger charge is -2.44. The van der Waals surface area contributed by atoms with Crippen LogP contribution in [0.25, 0.3) is 0 Å². The maximum atomic E-state index is 13.0. The fraction of sp³-hybridized carbons (Fsp3) is 0.647. The summed E-state index contributed by atoms with van der Waals surface area (Å²) >= 11 is 0. The molecule has 0 radical (unpaired) electrons. The first kappa shape index (κ1) is 15.3. The van der Waals surface area contributed by atoms with E-state index in [0.29, 0.717) is 31.2 Å². The van der Waals surface area contributed by atoms with Crippen molar-refractivity contribution < 1.29 is 14.3 Å². The summed E-state index contributed by atoms with van der Waals surface area (Å²) < 4.78 is 11.6. The van der Waals surface area contributed by atoms with Crippen LogP contribution >= 0.6 is 0 Å². The molecule has 2 heterocycles. The number of hydrogen-bond acceptors (Lipinski definition) is 4. The van der Waals surface area contributed by atoms with Crippen molar-refractivity contribution in [2.45, 2.75) is 51.2 Å². The van der Waals surface area contributed by atoms with E-state index in [1.807, 2.05) is 18.7 Å². The number of aromatic nitrogens is 1. The van der Waals surface area contributed by atoms with Crippen LogP contribution in [0.4, 0.5) is 0 Å². The first-order valence-corrected chi connectivity index (χ1v) is 8.18. The number of ether oxygens (including phenoxy) is 2. The quantitative estimate of drug-likeness (QED) is 0.861. The maximum absolute atomic E-state index is 13.0. The lowest BCUT2D eigenvalue weighted by molar-refractivity contribution is -0.115. The average Bonchev–Trinajstić information content (AvgIpc) is 2.99. The van der Waals surface area contributed by atoms with Crippen molar-refractivity contribution >= 4 is 5.91 Å². The largest absolute Gasteiger partial charge is 0.491 e. The maximum Gasteiger partial charge on any atom is 0.276 e. The summed E-state index contributed by atoms with van der Waals surface area (Å²) in [6.45, 7) is 5.72. The Hall–Kier alpha value is -1.62. The molecule has 0 aromatic carbocycles. The van der Waals surface area contributed by atoms with Crippen LogP contribution < -0.4 is 4.74 Å². The summed E-state index contributed by atoms with van der Waals surface area (Å²) in [5.41, 5.74) is 0.272. The zero-order valence-electron chi connectivity index (χ0n) is 13.4. The minimum Gasteiger partial charge on any atom is -0.491 e. The Balaban J connectivity index is 1.84. The van der Waals surface area contributed by atoms with Crippen LogP contribution in [-0.4, -0.2) is 47.2 Å². The van der Waals surface area contributed by atoms with E-state index in [9.17, 15) is 4.79 Å². The second-order valence-electron chi connectivity index (χ2n) is 6.27. The van der Waals surface area contributed by atoms with Gasteiger partial charge in [0.1, 0.15) is 0 Å². The first-order chi connectivity index (χ1) is 10.7. The van der Waals surface area contributed by atoms with Crippen molar-refractivity contribution in [3.8, 4) is 5.75 Å². The molecule has 1 unspecified atom stereocenters. The lowest BCUT2D eigenvalue weighted by Crippen LogP contribution is -2.56. The number of carbonyl (C=O) groups excluding carboxylic acids is 1. The molecule has 120 valence electrons. The molecule has 0 N–H and O–H groups in total. The van der Waals surface area contributed by atoms with Gasteiger partial charge in [0, 0.05) is 6.20 Å². The van der Waals surface area contributed by atoms with E-state index >= 15 is 0 Å². The van der Waals surface area contributed by atoms with Gasteiger partial charge in [-0.15, -0.1) is 0 Å². The number of amides is 1. The number of carbonyl (C=O) groups is 1. The van der Waals surface area contributed by atoms with Gasteiger partial charge in [-0.25, -0.2) is 4.98 Å². The minimum atomic E-state index is -0.136. The number of morpholine rings is 1. The molecular formula is C17H24N2O3. The monoisotopic (exact) mass is 304 g/mol. The third-order valence-corrected chi connectivity index (χ3v) is 4.67. The standard InChI is InChI=1S/C17H24N2O3/c1-3-21-14-7-6-10-18-15(14)16(20)19-12-17(8-4-5-9-17)22-11-13(19)2/h6-7,10,13H,3-5,8-9,11-12H2,1-2H3. The Morgan fingerprint density at radius 1 is 1.50 bits per heavy atom. The summed E-state index contributed by atoms with van der Waals surface area (Å²) in [4.78, 5) is 19.2. The van der Waals surface area contributed by atoms with E-state index in [2.05, 4.69) is 4.98 Å². The highest BCUT2D eigenvalue weighted by atomic mass is 16.5. The third kappa shape index (κ3) is 2.82. The molecule has 1 aliphatic heterocycles. The fourth-order valence-electron chi connectivity index (χ4n) is 3.45. The molecule has 2 fully saturated rings. The van der Waals surface area contributed by atoms with Crippen molar-refractivity contribution in [1.29, 1.82) is 0 Å². The zero-order chi connectivity index (χ0) is 15.6. The molecule has 3 rings (SSSR count). The number of hydrogen-bond donors (Lipinski definition) is 0. The molecule has 22 heavy (non-hydrogen) atoms. The molecule has 5 nitrogen and oxygen atoms in total. The van der Waals surface area contributed by atoms with Crippen LogP contribution in [0.15, 0.2) is 18.3 Å². The number of nitrogens with zero attached hydrogens (tertiary/aromatic N) is 2. The lowest BCUT2D eigenvalue weighted by atomic mass is 9.97. The van der Waals surface area contributed by atoms with E-state index < -0.39 is 0 Å². The molecule has 1 saturated carbocycles. The molecule has 1 amide bonds. The van der Waals surface area contributed by atoms with E-state index in [1.54, 1.807) is 18.3 Å². The van der Waals surface area contributed by atoms with Gasteiger partial charge < -0.3 is 14.4 Å². The van der Waals surface area contributed by atoms with Crippen molar-refractivity contribution in [2.24, 2.45) is 0 Å². The van der Waals surface area contributed by atoms with E-state index in [-0.39, 0.29) is 17.6 Å². The van der Waals surface area contributed by atoms with Crippen molar-refractivity contribution in [3.05, 3.63) is 24.0 Å².